The van der Waals surface area contributed by atoms with Crippen LogP contribution in [0.1, 0.15) is 18.1 Å². The molecule has 3 heteroatoms. The van der Waals surface area contributed by atoms with Crippen LogP contribution >= 0.6 is 0 Å². The highest BCUT2D eigenvalue weighted by atomic mass is 16.3. The summed E-state index contributed by atoms with van der Waals surface area (Å²) >= 11 is 0. The number of aliphatic imine (C=N–C) groups is 1. The van der Waals surface area contributed by atoms with E-state index < -0.39 is 0 Å². The molecule has 1 aliphatic rings. The van der Waals surface area contributed by atoms with E-state index in [1.165, 1.54) is 6.92 Å². The minimum atomic E-state index is -0.187. The van der Waals surface area contributed by atoms with E-state index >= 15 is 0 Å². The average molecular weight is 263 g/mol. The predicted molar refractivity (Wildman–Crippen MR) is 79.3 cm³/mol. The third-order valence-corrected chi connectivity index (χ3v) is 3.26. The van der Waals surface area contributed by atoms with Crippen molar-refractivity contribution in [3.63, 3.8) is 0 Å². The molecule has 2 aromatic rings. The molecule has 0 aliphatic heterocycles. The van der Waals surface area contributed by atoms with Crippen LogP contribution in [0.4, 0.5) is 5.69 Å². The molecular weight excluding hydrogens is 250 g/mol. The van der Waals surface area contributed by atoms with Gasteiger partial charge in [-0.25, -0.2) is 4.99 Å². The molecule has 0 aromatic heterocycles. The molecule has 0 radical (unpaired) electrons. The summed E-state index contributed by atoms with van der Waals surface area (Å²) in [4.78, 5) is 16.4. The average Bonchev–Trinajstić information content (AvgIpc) is 2.74. The van der Waals surface area contributed by atoms with Crippen LogP contribution in [0.5, 0.6) is 0 Å². The zero-order valence-electron chi connectivity index (χ0n) is 11.0. The quantitative estimate of drug-likeness (QED) is 0.898. The first-order valence-electron chi connectivity index (χ1n) is 6.36. The van der Waals surface area contributed by atoms with Gasteiger partial charge in [0.1, 0.15) is 5.76 Å². The van der Waals surface area contributed by atoms with Crippen molar-refractivity contribution in [2.24, 2.45) is 4.99 Å². The number of benzene rings is 2. The maximum atomic E-state index is 11.8. The highest BCUT2D eigenvalue weighted by Gasteiger charge is 2.30. The molecule has 0 heterocycles. The fourth-order valence-corrected chi connectivity index (χ4v) is 2.36. The number of carbonyl (C=O) groups is 1. The van der Waals surface area contributed by atoms with Gasteiger partial charge in [0.2, 0.25) is 0 Å². The molecular formula is C17H13NO2. The molecule has 0 atom stereocenters. The third kappa shape index (κ3) is 1.93. The van der Waals surface area contributed by atoms with Crippen molar-refractivity contribution in [3.05, 3.63) is 71.3 Å². The van der Waals surface area contributed by atoms with Crippen LogP contribution < -0.4 is 0 Å². The van der Waals surface area contributed by atoms with Crippen molar-refractivity contribution in [3.8, 4) is 0 Å². The van der Waals surface area contributed by atoms with E-state index in [0.717, 1.165) is 11.3 Å². The Morgan fingerprint density at radius 3 is 2.20 bits per heavy atom. The number of Topliss-reactive ketones (excluding diaryl/α,β-unsaturated/α-hetero) is 1. The Bertz CT molecular complexity index is 743. The molecule has 0 unspecified atom stereocenters. The molecule has 0 saturated heterocycles. The molecule has 2 aromatic carbocycles. The van der Waals surface area contributed by atoms with Gasteiger partial charge in [-0.1, -0.05) is 42.5 Å². The molecule has 3 nitrogen and oxygen atoms in total. The fraction of sp³-hybridized carbons (Fsp3) is 0.0588. The number of ketones is 1. The summed E-state index contributed by atoms with van der Waals surface area (Å²) in [6, 6.07) is 16.8. The van der Waals surface area contributed by atoms with E-state index in [1.54, 1.807) is 6.07 Å². The van der Waals surface area contributed by atoms with Crippen molar-refractivity contribution < 1.29 is 9.90 Å². The molecule has 3 rings (SSSR count). The maximum absolute atomic E-state index is 11.8. The van der Waals surface area contributed by atoms with Gasteiger partial charge in [-0.3, -0.25) is 4.79 Å². The fourth-order valence-electron chi connectivity index (χ4n) is 2.36. The first kappa shape index (κ1) is 12.4. The number of hydrogen-bond acceptors (Lipinski definition) is 3. The topological polar surface area (TPSA) is 49.7 Å². The van der Waals surface area contributed by atoms with Crippen LogP contribution in [0.15, 0.2) is 65.2 Å². The summed E-state index contributed by atoms with van der Waals surface area (Å²) in [5, 5.41) is 10.2. The summed E-state index contributed by atoms with van der Waals surface area (Å²) in [5.74, 6) is -0.170. The van der Waals surface area contributed by atoms with Gasteiger partial charge >= 0.3 is 0 Å². The van der Waals surface area contributed by atoms with E-state index in [0.29, 0.717) is 11.3 Å². The highest BCUT2D eigenvalue weighted by Crippen LogP contribution is 2.33. The minimum absolute atomic E-state index is 0.0165. The number of aliphatic hydroxyl groups is 1. The van der Waals surface area contributed by atoms with Crippen LogP contribution in [0.3, 0.4) is 0 Å². The number of fused-ring (bicyclic) bond motifs is 1. The van der Waals surface area contributed by atoms with Gasteiger partial charge in [0.15, 0.2) is 5.78 Å². The maximum Gasteiger partial charge on any atom is 0.165 e. The van der Waals surface area contributed by atoms with Gasteiger partial charge in [0, 0.05) is 11.1 Å². The molecule has 0 saturated carbocycles. The molecule has 0 bridgehead atoms. The van der Waals surface area contributed by atoms with E-state index in [2.05, 4.69) is 4.99 Å². The molecule has 0 spiro atoms. The number of carbonyl (C=O) groups excluding carboxylic acids is 1. The van der Waals surface area contributed by atoms with Crippen molar-refractivity contribution in [2.75, 3.05) is 0 Å². The summed E-state index contributed by atoms with van der Waals surface area (Å²) < 4.78 is 0. The lowest BCUT2D eigenvalue weighted by Crippen LogP contribution is -2.08. The number of nitrogens with zero attached hydrogens (tertiary/aromatic N) is 1. The largest absolute Gasteiger partial charge is 0.506 e. The monoisotopic (exact) mass is 263 g/mol. The second-order valence-electron chi connectivity index (χ2n) is 4.62. The Morgan fingerprint density at radius 1 is 0.950 bits per heavy atom. The number of aliphatic hydroxyl groups excluding tert-OH is 1. The van der Waals surface area contributed by atoms with Gasteiger partial charge in [0.25, 0.3) is 0 Å². The van der Waals surface area contributed by atoms with Crippen LogP contribution in [0, 0.1) is 0 Å². The van der Waals surface area contributed by atoms with Crippen molar-refractivity contribution in [2.45, 2.75) is 6.92 Å². The Labute approximate surface area is 116 Å². The Morgan fingerprint density at radius 2 is 1.55 bits per heavy atom. The smallest absolute Gasteiger partial charge is 0.165 e. The lowest BCUT2D eigenvalue weighted by Gasteiger charge is -2.03. The van der Waals surface area contributed by atoms with Gasteiger partial charge in [0.05, 0.1) is 17.0 Å². The second kappa shape index (κ2) is 4.78. The summed E-state index contributed by atoms with van der Waals surface area (Å²) in [5.41, 5.74) is 3.03. The van der Waals surface area contributed by atoms with Gasteiger partial charge in [-0.2, -0.15) is 0 Å². The molecule has 1 N–H and O–H groups in total. The highest BCUT2D eigenvalue weighted by molar-refractivity contribution is 6.36. The van der Waals surface area contributed by atoms with Crippen molar-refractivity contribution >= 4 is 22.9 Å². The Kier molecular flexibility index (Phi) is 2.95. The third-order valence-electron chi connectivity index (χ3n) is 3.26. The second-order valence-corrected chi connectivity index (χ2v) is 4.62. The molecule has 20 heavy (non-hydrogen) atoms. The number of para-hydroxylation sites is 1. The number of hydrogen-bond donors (Lipinski definition) is 1. The van der Waals surface area contributed by atoms with Crippen LogP contribution in [-0.4, -0.2) is 16.6 Å². The Balaban J connectivity index is 2.23. The normalized spacial score (nSPS) is 15.6. The minimum Gasteiger partial charge on any atom is -0.506 e. The number of rotatable bonds is 2. The summed E-state index contributed by atoms with van der Waals surface area (Å²) in [6.45, 7) is 1.44. The molecule has 0 amide bonds. The van der Waals surface area contributed by atoms with E-state index in [9.17, 15) is 9.90 Å². The lowest BCUT2D eigenvalue weighted by molar-refractivity contribution is -0.113. The van der Waals surface area contributed by atoms with Crippen LogP contribution in [0.25, 0.3) is 5.76 Å². The van der Waals surface area contributed by atoms with Crippen molar-refractivity contribution in [1.82, 2.24) is 0 Å². The zero-order chi connectivity index (χ0) is 14.1. The molecule has 98 valence electrons. The van der Waals surface area contributed by atoms with Crippen LogP contribution in [0.2, 0.25) is 0 Å². The van der Waals surface area contributed by atoms with E-state index in [4.69, 9.17) is 0 Å². The van der Waals surface area contributed by atoms with E-state index in [1.807, 2.05) is 48.5 Å². The Hall–Kier alpha value is -2.68. The molecule has 0 fully saturated rings. The summed E-state index contributed by atoms with van der Waals surface area (Å²) in [6.07, 6.45) is 0. The van der Waals surface area contributed by atoms with Gasteiger partial charge in [-0.05, 0) is 19.1 Å². The SMILES string of the molecule is CC(=O)C1=C(O)c2ccccc2C1=Nc1ccccc1. The van der Waals surface area contributed by atoms with E-state index in [-0.39, 0.29) is 17.1 Å². The molecule has 1 aliphatic carbocycles. The predicted octanol–water partition coefficient (Wildman–Crippen LogP) is 3.68. The number of allylic oxidation sites excluding steroid dienone is 1. The van der Waals surface area contributed by atoms with Crippen molar-refractivity contribution in [1.29, 1.82) is 0 Å². The zero-order valence-corrected chi connectivity index (χ0v) is 11.0. The summed E-state index contributed by atoms with van der Waals surface area (Å²) in [7, 11) is 0. The van der Waals surface area contributed by atoms with Gasteiger partial charge < -0.3 is 5.11 Å². The standard InChI is InChI=1S/C17H13NO2/c1-11(19)15-16(18-12-7-3-2-4-8-12)13-9-5-6-10-14(13)17(15)20/h2-10,20H,1H3. The van der Waals surface area contributed by atoms with Crippen LogP contribution in [-0.2, 0) is 4.79 Å². The lowest BCUT2D eigenvalue weighted by atomic mass is 10.1. The first-order chi connectivity index (χ1) is 9.68. The first-order valence-corrected chi connectivity index (χ1v) is 6.36. The van der Waals surface area contributed by atoms with Gasteiger partial charge in [-0.15, -0.1) is 0 Å².